The molecule has 1 aromatic heterocycles. The van der Waals surface area contributed by atoms with Crippen LogP contribution in [0.5, 0.6) is 0 Å². The fourth-order valence-electron chi connectivity index (χ4n) is 1.24. The van der Waals surface area contributed by atoms with Gasteiger partial charge in [0.15, 0.2) is 0 Å². The zero-order valence-corrected chi connectivity index (χ0v) is 9.91. The summed E-state index contributed by atoms with van der Waals surface area (Å²) >= 11 is 1.76. The Hall–Kier alpha value is -0.910. The average Bonchev–Trinajstić information content (AvgIpc) is 2.75. The van der Waals surface area contributed by atoms with Crippen molar-refractivity contribution >= 4 is 17.3 Å². The van der Waals surface area contributed by atoms with Crippen molar-refractivity contribution in [1.82, 2.24) is 0 Å². The van der Waals surface area contributed by atoms with Crippen LogP contribution in [-0.4, -0.2) is 30.3 Å². The van der Waals surface area contributed by atoms with Gasteiger partial charge in [-0.25, -0.2) is 0 Å². The molecular formula is C11H17NO3S. The zero-order valence-electron chi connectivity index (χ0n) is 9.09. The van der Waals surface area contributed by atoms with Crippen LogP contribution in [0.4, 0.5) is 0 Å². The van der Waals surface area contributed by atoms with Crippen molar-refractivity contribution in [3.05, 3.63) is 22.4 Å². The minimum absolute atomic E-state index is 0.0916. The number of carbonyl (C=O) groups is 1. The Kier molecular flexibility index (Phi) is 6.07. The molecule has 5 heteroatoms. The van der Waals surface area contributed by atoms with E-state index in [9.17, 15) is 4.79 Å². The Morgan fingerprint density at radius 1 is 1.56 bits per heavy atom. The highest BCUT2D eigenvalue weighted by atomic mass is 32.1. The van der Waals surface area contributed by atoms with Crippen LogP contribution >= 0.6 is 11.3 Å². The van der Waals surface area contributed by atoms with E-state index in [1.165, 1.54) is 4.88 Å². The van der Waals surface area contributed by atoms with Crippen LogP contribution in [0.2, 0.25) is 0 Å². The summed E-state index contributed by atoms with van der Waals surface area (Å²) in [6.45, 7) is 0.667. The normalized spacial score (nSPS) is 12.6. The maximum absolute atomic E-state index is 10.4. The summed E-state index contributed by atoms with van der Waals surface area (Å²) in [4.78, 5) is 11.7. The van der Waals surface area contributed by atoms with Gasteiger partial charge in [0.25, 0.3) is 0 Å². The summed E-state index contributed by atoms with van der Waals surface area (Å²) in [6.07, 6.45) is 3.05. The second-order valence-electron chi connectivity index (χ2n) is 3.56. The summed E-state index contributed by atoms with van der Waals surface area (Å²) in [5.74, 6) is -1.02. The first-order valence-corrected chi connectivity index (χ1v) is 6.16. The maximum atomic E-state index is 10.4. The molecule has 3 N–H and O–H groups in total. The standard InChI is InChI=1S/C11H17NO3S/c12-10(11(13)14)8-15-6-2-1-4-9-5-3-7-16-9/h3,5,7,10H,1-2,4,6,8,12H2,(H,13,14)/t10-/m0/s1. The van der Waals surface area contributed by atoms with Gasteiger partial charge in [0.05, 0.1) is 6.61 Å². The molecule has 4 nitrogen and oxygen atoms in total. The highest BCUT2D eigenvalue weighted by Gasteiger charge is 2.10. The van der Waals surface area contributed by atoms with Gasteiger partial charge in [-0.2, -0.15) is 0 Å². The van der Waals surface area contributed by atoms with E-state index < -0.39 is 12.0 Å². The monoisotopic (exact) mass is 243 g/mol. The van der Waals surface area contributed by atoms with E-state index in [0.29, 0.717) is 6.61 Å². The van der Waals surface area contributed by atoms with Crippen molar-refractivity contribution in [2.75, 3.05) is 13.2 Å². The molecule has 0 bridgehead atoms. The molecule has 1 atom stereocenters. The van der Waals surface area contributed by atoms with Gasteiger partial charge >= 0.3 is 5.97 Å². The second kappa shape index (κ2) is 7.38. The van der Waals surface area contributed by atoms with Gasteiger partial charge in [-0.1, -0.05) is 6.07 Å². The molecule has 0 unspecified atom stereocenters. The minimum atomic E-state index is -1.02. The third-order valence-corrected chi connectivity index (χ3v) is 3.09. The number of hydrogen-bond acceptors (Lipinski definition) is 4. The minimum Gasteiger partial charge on any atom is -0.480 e. The first-order chi connectivity index (χ1) is 7.70. The fraction of sp³-hybridized carbons (Fsp3) is 0.545. The average molecular weight is 243 g/mol. The summed E-state index contributed by atoms with van der Waals surface area (Å²) in [7, 11) is 0. The Morgan fingerprint density at radius 2 is 2.38 bits per heavy atom. The maximum Gasteiger partial charge on any atom is 0.322 e. The number of ether oxygens (including phenoxy) is 1. The lowest BCUT2D eigenvalue weighted by molar-refractivity contribution is -0.140. The van der Waals surface area contributed by atoms with Crippen LogP contribution in [-0.2, 0) is 16.0 Å². The van der Waals surface area contributed by atoms with Gasteiger partial charge in [-0.05, 0) is 30.7 Å². The summed E-state index contributed by atoms with van der Waals surface area (Å²) in [5.41, 5.74) is 5.29. The van der Waals surface area contributed by atoms with E-state index in [0.717, 1.165) is 19.3 Å². The van der Waals surface area contributed by atoms with Gasteiger partial charge in [0.2, 0.25) is 0 Å². The van der Waals surface area contributed by atoms with Gasteiger partial charge in [-0.15, -0.1) is 11.3 Å². The molecule has 0 aliphatic carbocycles. The van der Waals surface area contributed by atoms with Gasteiger partial charge in [-0.3, -0.25) is 4.79 Å². The van der Waals surface area contributed by atoms with E-state index in [4.69, 9.17) is 15.6 Å². The second-order valence-corrected chi connectivity index (χ2v) is 4.59. The highest BCUT2D eigenvalue weighted by Crippen LogP contribution is 2.11. The molecule has 1 rings (SSSR count). The number of carboxylic acid groups (broad SMARTS) is 1. The smallest absolute Gasteiger partial charge is 0.322 e. The molecule has 0 spiro atoms. The van der Waals surface area contributed by atoms with E-state index in [1.54, 1.807) is 11.3 Å². The molecule has 1 aromatic rings. The van der Waals surface area contributed by atoms with Crippen molar-refractivity contribution in [1.29, 1.82) is 0 Å². The number of carboxylic acids is 1. The van der Waals surface area contributed by atoms with Crippen LogP contribution in [0.25, 0.3) is 0 Å². The van der Waals surface area contributed by atoms with Crippen LogP contribution in [0.3, 0.4) is 0 Å². The van der Waals surface area contributed by atoms with Crippen LogP contribution in [0.15, 0.2) is 17.5 Å². The SMILES string of the molecule is N[C@@H](COCCCCc1cccs1)C(=O)O. The topological polar surface area (TPSA) is 72.5 Å². The Bertz CT molecular complexity index is 300. The number of aliphatic carboxylic acids is 1. The molecule has 0 amide bonds. The molecule has 0 aliphatic rings. The van der Waals surface area contributed by atoms with E-state index in [2.05, 4.69) is 11.4 Å². The Morgan fingerprint density at radius 3 is 3.00 bits per heavy atom. The van der Waals surface area contributed by atoms with Crippen molar-refractivity contribution in [3.8, 4) is 0 Å². The van der Waals surface area contributed by atoms with Crippen molar-refractivity contribution in [3.63, 3.8) is 0 Å². The highest BCUT2D eigenvalue weighted by molar-refractivity contribution is 7.09. The number of hydrogen-bond donors (Lipinski definition) is 2. The predicted molar refractivity (Wildman–Crippen MR) is 63.7 cm³/mol. The lowest BCUT2D eigenvalue weighted by Gasteiger charge is -2.07. The molecule has 0 saturated heterocycles. The molecule has 90 valence electrons. The zero-order chi connectivity index (χ0) is 11.8. The quantitative estimate of drug-likeness (QED) is 0.679. The molecular weight excluding hydrogens is 226 g/mol. The first kappa shape index (κ1) is 13.2. The number of thiophene rings is 1. The molecule has 16 heavy (non-hydrogen) atoms. The van der Waals surface area contributed by atoms with Crippen molar-refractivity contribution in [2.45, 2.75) is 25.3 Å². The van der Waals surface area contributed by atoms with Gasteiger partial charge in [0.1, 0.15) is 6.04 Å². The largest absolute Gasteiger partial charge is 0.480 e. The van der Waals surface area contributed by atoms with Crippen molar-refractivity contribution in [2.24, 2.45) is 5.73 Å². The Balaban J connectivity index is 1.94. The third-order valence-electron chi connectivity index (χ3n) is 2.16. The summed E-state index contributed by atoms with van der Waals surface area (Å²) in [6, 6.07) is 3.26. The lowest BCUT2D eigenvalue weighted by atomic mass is 10.2. The molecule has 0 aromatic carbocycles. The molecule has 0 saturated carbocycles. The van der Waals surface area contributed by atoms with Crippen LogP contribution in [0, 0.1) is 0 Å². The van der Waals surface area contributed by atoms with Gasteiger partial charge < -0.3 is 15.6 Å². The molecule has 0 fully saturated rings. The molecule has 0 aliphatic heterocycles. The fourth-order valence-corrected chi connectivity index (χ4v) is 1.99. The molecule has 1 heterocycles. The van der Waals surface area contributed by atoms with Gasteiger partial charge in [0, 0.05) is 11.5 Å². The Labute approximate surface area is 99.0 Å². The number of nitrogens with two attached hydrogens (primary N) is 1. The van der Waals surface area contributed by atoms with E-state index in [-0.39, 0.29) is 6.61 Å². The molecule has 0 radical (unpaired) electrons. The number of rotatable bonds is 8. The van der Waals surface area contributed by atoms with E-state index >= 15 is 0 Å². The van der Waals surface area contributed by atoms with Crippen molar-refractivity contribution < 1.29 is 14.6 Å². The number of aryl methyl sites for hydroxylation is 1. The predicted octanol–water partition coefficient (Wildman–Crippen LogP) is 1.50. The lowest BCUT2D eigenvalue weighted by Crippen LogP contribution is -2.34. The van der Waals surface area contributed by atoms with Crippen LogP contribution < -0.4 is 5.73 Å². The number of unbranched alkanes of at least 4 members (excludes halogenated alkanes) is 1. The summed E-state index contributed by atoms with van der Waals surface area (Å²) < 4.78 is 5.17. The van der Waals surface area contributed by atoms with Crippen LogP contribution in [0.1, 0.15) is 17.7 Å². The first-order valence-electron chi connectivity index (χ1n) is 5.28. The summed E-state index contributed by atoms with van der Waals surface area (Å²) in [5, 5.41) is 10.6. The van der Waals surface area contributed by atoms with E-state index in [1.807, 2.05) is 6.07 Å². The third kappa shape index (κ3) is 5.25.